The second kappa shape index (κ2) is 8.65. The molecular formula is C18H21N7OS. The predicted molar refractivity (Wildman–Crippen MR) is 107 cm³/mol. The van der Waals surface area contributed by atoms with Crippen LogP contribution in [0.5, 0.6) is 0 Å². The second-order valence-corrected chi connectivity index (χ2v) is 6.78. The van der Waals surface area contributed by atoms with Gasteiger partial charge in [0.2, 0.25) is 5.91 Å². The van der Waals surface area contributed by atoms with E-state index in [0.29, 0.717) is 5.82 Å². The Morgan fingerprint density at radius 3 is 2.74 bits per heavy atom. The molecule has 3 rings (SSSR count). The van der Waals surface area contributed by atoms with Crippen LogP contribution in [0.4, 0.5) is 11.5 Å². The van der Waals surface area contributed by atoms with E-state index < -0.39 is 0 Å². The molecule has 0 spiro atoms. The Kier molecular flexibility index (Phi) is 6.05. The van der Waals surface area contributed by atoms with Gasteiger partial charge in [-0.25, -0.2) is 20.4 Å². The maximum atomic E-state index is 11.1. The SMILES string of the molecule is CCNN/C(C)=N\c1cn2ccnc2c(Sc2ccc(NC(C)=O)cc2)n1. The van der Waals surface area contributed by atoms with E-state index >= 15 is 0 Å². The van der Waals surface area contributed by atoms with Crippen molar-refractivity contribution in [1.29, 1.82) is 0 Å². The highest BCUT2D eigenvalue weighted by atomic mass is 32.2. The van der Waals surface area contributed by atoms with E-state index in [-0.39, 0.29) is 5.91 Å². The van der Waals surface area contributed by atoms with Gasteiger partial charge < -0.3 is 15.1 Å². The summed E-state index contributed by atoms with van der Waals surface area (Å²) in [6.45, 7) is 6.15. The summed E-state index contributed by atoms with van der Waals surface area (Å²) in [6.07, 6.45) is 5.44. The lowest BCUT2D eigenvalue weighted by Crippen LogP contribution is -2.35. The van der Waals surface area contributed by atoms with Crippen molar-refractivity contribution in [3.8, 4) is 0 Å². The molecule has 8 nitrogen and oxygen atoms in total. The fourth-order valence-corrected chi connectivity index (χ4v) is 3.23. The van der Waals surface area contributed by atoms with Crippen molar-refractivity contribution in [2.45, 2.75) is 30.7 Å². The highest BCUT2D eigenvalue weighted by Gasteiger charge is 2.10. The van der Waals surface area contributed by atoms with Gasteiger partial charge >= 0.3 is 0 Å². The molecule has 0 saturated carbocycles. The van der Waals surface area contributed by atoms with Crippen LogP contribution in [0.15, 0.2) is 57.8 Å². The molecule has 140 valence electrons. The Balaban J connectivity index is 1.87. The Morgan fingerprint density at radius 1 is 1.26 bits per heavy atom. The Hall–Kier alpha value is -2.91. The molecule has 1 amide bonds. The van der Waals surface area contributed by atoms with Gasteiger partial charge in [-0.2, -0.15) is 0 Å². The molecule has 0 aliphatic rings. The molecule has 0 aliphatic carbocycles. The number of hydrogen-bond donors (Lipinski definition) is 3. The lowest BCUT2D eigenvalue weighted by Gasteiger charge is -2.08. The van der Waals surface area contributed by atoms with Crippen LogP contribution in [0.2, 0.25) is 0 Å². The summed E-state index contributed by atoms with van der Waals surface area (Å²) in [5.41, 5.74) is 7.54. The van der Waals surface area contributed by atoms with Crippen molar-refractivity contribution >= 4 is 40.7 Å². The van der Waals surface area contributed by atoms with E-state index in [1.165, 1.54) is 18.7 Å². The Labute approximate surface area is 161 Å². The number of carbonyl (C=O) groups excluding carboxylic acids is 1. The summed E-state index contributed by atoms with van der Waals surface area (Å²) in [4.78, 5) is 25.7. The second-order valence-electron chi connectivity index (χ2n) is 5.72. The number of amidine groups is 1. The summed E-state index contributed by atoms with van der Waals surface area (Å²) in [7, 11) is 0. The first-order chi connectivity index (χ1) is 13.0. The highest BCUT2D eigenvalue weighted by molar-refractivity contribution is 7.99. The molecule has 0 fully saturated rings. The first kappa shape index (κ1) is 18.9. The lowest BCUT2D eigenvalue weighted by molar-refractivity contribution is -0.114. The number of amides is 1. The molecule has 0 radical (unpaired) electrons. The largest absolute Gasteiger partial charge is 0.326 e. The van der Waals surface area contributed by atoms with Crippen LogP contribution in [-0.2, 0) is 4.79 Å². The molecule has 2 heterocycles. The quantitative estimate of drug-likeness (QED) is 0.344. The molecule has 1 aromatic carbocycles. The predicted octanol–water partition coefficient (Wildman–Crippen LogP) is 3.00. The molecule has 2 aromatic heterocycles. The van der Waals surface area contributed by atoms with Crippen LogP contribution < -0.4 is 16.2 Å². The van der Waals surface area contributed by atoms with E-state index in [4.69, 9.17) is 0 Å². The summed E-state index contributed by atoms with van der Waals surface area (Å²) >= 11 is 1.50. The number of carbonyl (C=O) groups is 1. The monoisotopic (exact) mass is 383 g/mol. The minimum absolute atomic E-state index is 0.0942. The van der Waals surface area contributed by atoms with Gasteiger partial charge in [-0.1, -0.05) is 18.7 Å². The smallest absolute Gasteiger partial charge is 0.221 e. The Bertz CT molecular complexity index is 966. The minimum Gasteiger partial charge on any atom is -0.326 e. The molecule has 0 aliphatic heterocycles. The van der Waals surface area contributed by atoms with Gasteiger partial charge in [0.1, 0.15) is 10.9 Å². The average molecular weight is 383 g/mol. The van der Waals surface area contributed by atoms with Gasteiger partial charge in [0, 0.05) is 36.4 Å². The maximum Gasteiger partial charge on any atom is 0.221 e. The van der Waals surface area contributed by atoms with E-state index in [9.17, 15) is 4.79 Å². The molecule has 3 N–H and O–H groups in total. The third-order valence-electron chi connectivity index (χ3n) is 3.45. The number of aromatic nitrogens is 3. The zero-order valence-corrected chi connectivity index (χ0v) is 16.2. The van der Waals surface area contributed by atoms with Crippen LogP contribution in [0.25, 0.3) is 5.65 Å². The van der Waals surface area contributed by atoms with Gasteiger partial charge in [-0.15, -0.1) is 0 Å². The number of hydrogen-bond acceptors (Lipinski definition) is 6. The average Bonchev–Trinajstić information content (AvgIpc) is 3.10. The van der Waals surface area contributed by atoms with E-state index in [0.717, 1.165) is 33.6 Å². The molecular weight excluding hydrogens is 362 g/mol. The molecule has 9 heteroatoms. The van der Waals surface area contributed by atoms with Crippen molar-refractivity contribution < 1.29 is 4.79 Å². The Morgan fingerprint density at radius 2 is 2.04 bits per heavy atom. The number of fused-ring (bicyclic) bond motifs is 1. The summed E-state index contributed by atoms with van der Waals surface area (Å²) in [5, 5.41) is 3.51. The number of rotatable bonds is 6. The first-order valence-corrected chi connectivity index (χ1v) is 9.30. The molecule has 27 heavy (non-hydrogen) atoms. The minimum atomic E-state index is -0.0942. The molecule has 0 unspecified atom stereocenters. The standard InChI is InChI=1S/C18H21N7OS/c1-4-20-24-12(2)21-16-11-25-10-9-19-17(25)18(23-16)27-15-7-5-14(6-8-15)22-13(3)26/h5-11,20H,4H2,1-3H3,(H,21,24)(H,22,26). The van der Waals surface area contributed by atoms with Crippen molar-refractivity contribution in [3.63, 3.8) is 0 Å². The highest BCUT2D eigenvalue weighted by Crippen LogP contribution is 2.31. The van der Waals surface area contributed by atoms with E-state index in [1.807, 2.05) is 54.9 Å². The van der Waals surface area contributed by atoms with Crippen LogP contribution in [-0.4, -0.2) is 32.7 Å². The van der Waals surface area contributed by atoms with Crippen LogP contribution >= 0.6 is 11.8 Å². The third-order valence-corrected chi connectivity index (χ3v) is 4.42. The fraction of sp³-hybridized carbons (Fsp3) is 0.222. The number of nitrogens with zero attached hydrogens (tertiary/aromatic N) is 4. The van der Waals surface area contributed by atoms with Crippen molar-refractivity contribution in [3.05, 3.63) is 42.9 Å². The number of anilines is 1. The number of aliphatic imine (C=N–C) groups is 1. The molecule has 3 aromatic rings. The third kappa shape index (κ3) is 5.05. The summed E-state index contributed by atoms with van der Waals surface area (Å²) in [5.74, 6) is 1.21. The maximum absolute atomic E-state index is 11.1. The van der Waals surface area contributed by atoms with Gasteiger partial charge in [-0.05, 0) is 31.2 Å². The number of hydrazine groups is 1. The van der Waals surface area contributed by atoms with Crippen molar-refractivity contribution in [2.75, 3.05) is 11.9 Å². The molecule has 0 saturated heterocycles. The number of benzene rings is 1. The molecule has 0 atom stereocenters. The van der Waals surface area contributed by atoms with Gasteiger partial charge in [0.05, 0.1) is 6.20 Å². The van der Waals surface area contributed by atoms with Crippen LogP contribution in [0.3, 0.4) is 0 Å². The zero-order chi connectivity index (χ0) is 19.2. The first-order valence-electron chi connectivity index (χ1n) is 8.48. The zero-order valence-electron chi connectivity index (χ0n) is 15.4. The van der Waals surface area contributed by atoms with Crippen molar-refractivity contribution in [2.24, 2.45) is 4.99 Å². The van der Waals surface area contributed by atoms with Crippen LogP contribution in [0, 0.1) is 0 Å². The number of imidazole rings is 1. The topological polar surface area (TPSA) is 95.7 Å². The summed E-state index contributed by atoms with van der Waals surface area (Å²) in [6, 6.07) is 7.59. The lowest BCUT2D eigenvalue weighted by atomic mass is 10.3. The fourth-order valence-electron chi connectivity index (χ4n) is 2.35. The number of nitrogens with one attached hydrogen (secondary N) is 3. The van der Waals surface area contributed by atoms with E-state index in [2.05, 4.69) is 31.1 Å². The normalized spacial score (nSPS) is 11.6. The van der Waals surface area contributed by atoms with Gasteiger partial charge in [0.25, 0.3) is 0 Å². The van der Waals surface area contributed by atoms with Gasteiger partial charge in [-0.3, -0.25) is 4.79 Å². The van der Waals surface area contributed by atoms with Gasteiger partial charge in [0.15, 0.2) is 11.5 Å². The van der Waals surface area contributed by atoms with Crippen molar-refractivity contribution in [1.82, 2.24) is 25.2 Å². The van der Waals surface area contributed by atoms with E-state index in [1.54, 1.807) is 6.20 Å². The summed E-state index contributed by atoms with van der Waals surface area (Å²) < 4.78 is 1.90. The molecule has 0 bridgehead atoms. The van der Waals surface area contributed by atoms with Crippen LogP contribution in [0.1, 0.15) is 20.8 Å².